The second-order valence-electron chi connectivity index (χ2n) is 4.04. The van der Waals surface area contributed by atoms with E-state index >= 15 is 0 Å². The van der Waals surface area contributed by atoms with Crippen LogP contribution in [0.4, 0.5) is 0 Å². The number of aromatic nitrogens is 4. The molecule has 3 rings (SSSR count). The van der Waals surface area contributed by atoms with Crippen molar-refractivity contribution in [3.8, 4) is 0 Å². The van der Waals surface area contributed by atoms with Crippen LogP contribution in [0, 0.1) is 6.92 Å². The molecule has 0 radical (unpaired) electrons. The molecule has 0 unspecified atom stereocenters. The third kappa shape index (κ3) is 1.16. The Kier molecular flexibility index (Phi) is 1.96. The molecule has 0 amide bonds. The summed E-state index contributed by atoms with van der Waals surface area (Å²) in [5, 5.41) is 1.16. The monoisotopic (exact) mass is 214 g/mol. The average molecular weight is 214 g/mol. The zero-order valence-electron chi connectivity index (χ0n) is 9.49. The molecule has 0 saturated carbocycles. The molecular weight excluding hydrogens is 200 g/mol. The first-order valence-corrected chi connectivity index (χ1v) is 5.60. The molecule has 0 spiro atoms. The molecule has 16 heavy (non-hydrogen) atoms. The number of imidazole rings is 1. The minimum Gasteiger partial charge on any atom is -0.346 e. The fraction of sp³-hybridized carbons (Fsp3) is 0.333. The van der Waals surface area contributed by atoms with Crippen molar-refractivity contribution in [3.05, 3.63) is 24.3 Å². The van der Waals surface area contributed by atoms with Gasteiger partial charge in [-0.3, -0.25) is 0 Å². The Morgan fingerprint density at radius 2 is 2.31 bits per heavy atom. The van der Waals surface area contributed by atoms with Crippen LogP contribution in [0.2, 0.25) is 0 Å². The number of hydrogen-bond acceptors (Lipinski definition) is 2. The van der Waals surface area contributed by atoms with Crippen molar-refractivity contribution in [1.82, 2.24) is 19.5 Å². The highest BCUT2D eigenvalue weighted by Crippen LogP contribution is 2.23. The van der Waals surface area contributed by atoms with Gasteiger partial charge in [-0.2, -0.15) is 0 Å². The van der Waals surface area contributed by atoms with Gasteiger partial charge < -0.3 is 9.55 Å². The Bertz CT molecular complexity index is 647. The van der Waals surface area contributed by atoms with Crippen LogP contribution < -0.4 is 0 Å². The van der Waals surface area contributed by atoms with E-state index < -0.39 is 0 Å². The van der Waals surface area contributed by atoms with Gasteiger partial charge in [0.25, 0.3) is 0 Å². The third-order valence-electron chi connectivity index (χ3n) is 2.93. The SMILES string of the molecule is CCCn1c(C)nc2cnc3[nH]ccc3c21. The molecule has 1 N–H and O–H groups in total. The standard InChI is InChI=1S/C12H14N4/c1-3-6-16-8(2)15-10-7-14-12-9(11(10)16)4-5-13-12/h4-5,7H,3,6H2,1-2H3,(H,13,14). The van der Waals surface area contributed by atoms with E-state index in [0.717, 1.165) is 35.3 Å². The maximum atomic E-state index is 4.55. The van der Waals surface area contributed by atoms with E-state index in [4.69, 9.17) is 0 Å². The van der Waals surface area contributed by atoms with Gasteiger partial charge in [-0.15, -0.1) is 0 Å². The number of nitrogens with one attached hydrogen (secondary N) is 1. The normalized spacial score (nSPS) is 11.6. The maximum absolute atomic E-state index is 4.55. The van der Waals surface area contributed by atoms with Gasteiger partial charge in [-0.25, -0.2) is 9.97 Å². The van der Waals surface area contributed by atoms with Crippen molar-refractivity contribution >= 4 is 22.1 Å². The molecular formula is C12H14N4. The van der Waals surface area contributed by atoms with Crippen molar-refractivity contribution in [2.75, 3.05) is 0 Å². The summed E-state index contributed by atoms with van der Waals surface area (Å²) in [6, 6.07) is 2.07. The molecule has 0 saturated heterocycles. The predicted molar refractivity (Wildman–Crippen MR) is 64.4 cm³/mol. The lowest BCUT2D eigenvalue weighted by molar-refractivity contribution is 0.677. The molecule has 0 atom stereocenters. The molecule has 0 aliphatic heterocycles. The molecule has 82 valence electrons. The summed E-state index contributed by atoms with van der Waals surface area (Å²) >= 11 is 0. The van der Waals surface area contributed by atoms with Crippen LogP contribution in [0.25, 0.3) is 22.1 Å². The van der Waals surface area contributed by atoms with Crippen LogP contribution in [0.1, 0.15) is 19.2 Å². The summed E-state index contributed by atoms with van der Waals surface area (Å²) in [6.07, 6.45) is 4.88. The first kappa shape index (κ1) is 9.39. The lowest BCUT2D eigenvalue weighted by Gasteiger charge is -2.04. The first-order valence-electron chi connectivity index (χ1n) is 5.60. The van der Waals surface area contributed by atoms with Gasteiger partial charge in [-0.1, -0.05) is 6.92 Å². The van der Waals surface area contributed by atoms with Crippen molar-refractivity contribution in [2.45, 2.75) is 26.8 Å². The van der Waals surface area contributed by atoms with Gasteiger partial charge in [0.1, 0.15) is 17.0 Å². The second kappa shape index (κ2) is 3.33. The molecule has 0 aromatic carbocycles. The number of pyridine rings is 1. The Hall–Kier alpha value is -1.84. The number of hydrogen-bond donors (Lipinski definition) is 1. The molecule has 3 aromatic heterocycles. The summed E-state index contributed by atoms with van der Waals surface area (Å²) in [6.45, 7) is 5.24. The predicted octanol–water partition coefficient (Wildman–Crippen LogP) is 2.63. The Morgan fingerprint density at radius 1 is 1.44 bits per heavy atom. The van der Waals surface area contributed by atoms with E-state index in [1.54, 1.807) is 0 Å². The van der Waals surface area contributed by atoms with E-state index in [2.05, 4.69) is 32.5 Å². The lowest BCUT2D eigenvalue weighted by atomic mass is 10.3. The number of aromatic amines is 1. The Morgan fingerprint density at radius 3 is 3.12 bits per heavy atom. The first-order chi connectivity index (χ1) is 7.81. The van der Waals surface area contributed by atoms with Crippen LogP contribution in [-0.2, 0) is 6.54 Å². The van der Waals surface area contributed by atoms with Crippen LogP contribution in [0.15, 0.2) is 18.5 Å². The smallest absolute Gasteiger partial charge is 0.139 e. The molecule has 4 nitrogen and oxygen atoms in total. The van der Waals surface area contributed by atoms with Gasteiger partial charge in [0.05, 0.1) is 11.7 Å². The number of H-pyrrole nitrogens is 1. The molecule has 0 fully saturated rings. The summed E-state index contributed by atoms with van der Waals surface area (Å²) in [5.74, 6) is 1.06. The number of nitrogens with zero attached hydrogens (tertiary/aromatic N) is 3. The highest BCUT2D eigenvalue weighted by molar-refractivity contribution is 6.01. The van der Waals surface area contributed by atoms with Crippen molar-refractivity contribution in [1.29, 1.82) is 0 Å². The molecule has 4 heteroatoms. The topological polar surface area (TPSA) is 46.5 Å². The van der Waals surface area contributed by atoms with E-state index in [1.807, 2.05) is 19.3 Å². The quantitative estimate of drug-likeness (QED) is 0.712. The van der Waals surface area contributed by atoms with Crippen molar-refractivity contribution in [3.63, 3.8) is 0 Å². The lowest BCUT2D eigenvalue weighted by Crippen LogP contribution is -1.99. The van der Waals surface area contributed by atoms with E-state index in [-0.39, 0.29) is 0 Å². The average Bonchev–Trinajstić information content (AvgIpc) is 2.83. The largest absolute Gasteiger partial charge is 0.346 e. The van der Waals surface area contributed by atoms with Crippen molar-refractivity contribution < 1.29 is 0 Å². The van der Waals surface area contributed by atoms with E-state index in [0.29, 0.717) is 0 Å². The molecule has 0 aliphatic carbocycles. The number of fused-ring (bicyclic) bond motifs is 3. The number of rotatable bonds is 2. The highest BCUT2D eigenvalue weighted by Gasteiger charge is 2.11. The summed E-state index contributed by atoms with van der Waals surface area (Å²) in [5.41, 5.74) is 3.12. The second-order valence-corrected chi connectivity index (χ2v) is 4.04. The zero-order valence-corrected chi connectivity index (χ0v) is 9.49. The molecule has 0 bridgehead atoms. The zero-order chi connectivity index (χ0) is 11.1. The third-order valence-corrected chi connectivity index (χ3v) is 2.93. The Labute approximate surface area is 93.3 Å². The van der Waals surface area contributed by atoms with Crippen LogP contribution in [-0.4, -0.2) is 19.5 Å². The van der Waals surface area contributed by atoms with Gasteiger partial charge in [0.2, 0.25) is 0 Å². The van der Waals surface area contributed by atoms with Crippen LogP contribution in [0.5, 0.6) is 0 Å². The van der Waals surface area contributed by atoms with Gasteiger partial charge in [0.15, 0.2) is 0 Å². The molecule has 3 heterocycles. The minimum absolute atomic E-state index is 0.935. The highest BCUT2D eigenvalue weighted by atomic mass is 15.1. The van der Waals surface area contributed by atoms with E-state index in [9.17, 15) is 0 Å². The number of aryl methyl sites for hydroxylation is 2. The van der Waals surface area contributed by atoms with E-state index in [1.165, 1.54) is 5.52 Å². The summed E-state index contributed by atoms with van der Waals surface area (Å²) < 4.78 is 2.27. The van der Waals surface area contributed by atoms with Gasteiger partial charge in [0, 0.05) is 18.1 Å². The minimum atomic E-state index is 0.935. The molecule has 0 aliphatic rings. The molecule has 3 aromatic rings. The maximum Gasteiger partial charge on any atom is 0.139 e. The van der Waals surface area contributed by atoms with Crippen LogP contribution >= 0.6 is 0 Å². The van der Waals surface area contributed by atoms with Gasteiger partial charge >= 0.3 is 0 Å². The fourth-order valence-electron chi connectivity index (χ4n) is 2.24. The fourth-order valence-corrected chi connectivity index (χ4v) is 2.24. The van der Waals surface area contributed by atoms with Crippen LogP contribution in [0.3, 0.4) is 0 Å². The Balaban J connectivity index is 2.45. The summed E-state index contributed by atoms with van der Waals surface area (Å²) in [7, 11) is 0. The van der Waals surface area contributed by atoms with Gasteiger partial charge in [-0.05, 0) is 19.4 Å². The van der Waals surface area contributed by atoms with Crippen molar-refractivity contribution in [2.24, 2.45) is 0 Å². The summed E-state index contributed by atoms with van der Waals surface area (Å²) in [4.78, 5) is 12.0.